The second kappa shape index (κ2) is 5.05. The van der Waals surface area contributed by atoms with E-state index in [1.165, 1.54) is 12.3 Å². The Balaban J connectivity index is 2.14. The Bertz CT molecular complexity index is 621. The van der Waals surface area contributed by atoms with E-state index in [9.17, 15) is 4.79 Å². The molecule has 2 heterocycles. The van der Waals surface area contributed by atoms with Crippen LogP contribution in [0.4, 0.5) is 5.95 Å². The van der Waals surface area contributed by atoms with Crippen LogP contribution in [0.15, 0.2) is 12.3 Å². The summed E-state index contributed by atoms with van der Waals surface area (Å²) in [6, 6.07) is 1.36. The summed E-state index contributed by atoms with van der Waals surface area (Å²) in [5.74, 6) is -0.776. The van der Waals surface area contributed by atoms with Crippen LogP contribution in [0.25, 0.3) is 0 Å². The van der Waals surface area contributed by atoms with Gasteiger partial charge in [-0.05, 0) is 19.9 Å². The average Bonchev–Trinajstić information content (AvgIpc) is 2.61. The quantitative estimate of drug-likeness (QED) is 0.857. The number of carboxylic acids is 1. The number of nitrogens with one attached hydrogen (secondary N) is 1. The van der Waals surface area contributed by atoms with Gasteiger partial charge in [-0.3, -0.25) is 4.68 Å². The number of anilines is 1. The van der Waals surface area contributed by atoms with Crippen molar-refractivity contribution in [2.24, 2.45) is 7.05 Å². The summed E-state index contributed by atoms with van der Waals surface area (Å²) in [7, 11) is 1.88. The van der Waals surface area contributed by atoms with Gasteiger partial charge in [0.05, 0.1) is 5.69 Å². The number of nitrogens with zero attached hydrogens (tertiary/aromatic N) is 4. The van der Waals surface area contributed by atoms with Gasteiger partial charge < -0.3 is 10.4 Å². The van der Waals surface area contributed by atoms with Crippen LogP contribution in [0.5, 0.6) is 0 Å². The molecule has 0 aliphatic heterocycles. The van der Waals surface area contributed by atoms with Gasteiger partial charge in [-0.15, -0.1) is 0 Å². The van der Waals surface area contributed by atoms with E-state index in [0.29, 0.717) is 12.5 Å². The Morgan fingerprint density at radius 1 is 1.47 bits per heavy atom. The van der Waals surface area contributed by atoms with Gasteiger partial charge in [-0.1, -0.05) is 0 Å². The second-order valence-corrected chi connectivity index (χ2v) is 4.20. The fraction of sp³-hybridized carbons (Fsp3) is 0.333. The van der Waals surface area contributed by atoms with Crippen LogP contribution in [0.1, 0.15) is 27.4 Å². The Hall–Kier alpha value is -2.44. The molecule has 0 aliphatic carbocycles. The zero-order chi connectivity index (χ0) is 14.0. The molecule has 0 saturated carbocycles. The van der Waals surface area contributed by atoms with E-state index < -0.39 is 5.97 Å². The third-order valence-corrected chi connectivity index (χ3v) is 2.96. The standard InChI is InChI=1S/C12H15N5O2/c1-7-9(8(2)17(3)16-7)6-14-12-13-5-4-10(15-12)11(18)19/h4-5H,6H2,1-3H3,(H,18,19)(H,13,14,15). The molecule has 0 atom stereocenters. The Morgan fingerprint density at radius 3 is 2.79 bits per heavy atom. The van der Waals surface area contributed by atoms with E-state index in [-0.39, 0.29) is 5.69 Å². The van der Waals surface area contributed by atoms with Gasteiger partial charge in [-0.25, -0.2) is 14.8 Å². The molecule has 7 nitrogen and oxygen atoms in total. The minimum atomic E-state index is -1.07. The van der Waals surface area contributed by atoms with Crippen molar-refractivity contribution in [1.29, 1.82) is 0 Å². The highest BCUT2D eigenvalue weighted by Crippen LogP contribution is 2.13. The number of aromatic carboxylic acids is 1. The van der Waals surface area contributed by atoms with Crippen LogP contribution >= 0.6 is 0 Å². The van der Waals surface area contributed by atoms with E-state index in [4.69, 9.17) is 5.11 Å². The first-order valence-corrected chi connectivity index (χ1v) is 5.78. The van der Waals surface area contributed by atoms with Crippen molar-refractivity contribution in [3.05, 3.63) is 34.9 Å². The molecule has 0 aromatic carbocycles. The Labute approximate surface area is 110 Å². The van der Waals surface area contributed by atoms with Gasteiger partial charge in [0, 0.05) is 31.0 Å². The van der Waals surface area contributed by atoms with Crippen LogP contribution in [0.3, 0.4) is 0 Å². The number of hydrogen-bond donors (Lipinski definition) is 2. The van der Waals surface area contributed by atoms with E-state index >= 15 is 0 Å². The third kappa shape index (κ3) is 2.70. The fourth-order valence-corrected chi connectivity index (χ4v) is 1.80. The number of carboxylic acid groups (broad SMARTS) is 1. The van der Waals surface area contributed by atoms with Crippen molar-refractivity contribution >= 4 is 11.9 Å². The van der Waals surface area contributed by atoms with Crippen molar-refractivity contribution in [2.75, 3.05) is 5.32 Å². The zero-order valence-electron chi connectivity index (χ0n) is 11.0. The van der Waals surface area contributed by atoms with Crippen molar-refractivity contribution in [3.63, 3.8) is 0 Å². The molecule has 2 aromatic heterocycles. The number of rotatable bonds is 4. The summed E-state index contributed by atoms with van der Waals surface area (Å²) in [6.45, 7) is 4.42. The maximum Gasteiger partial charge on any atom is 0.354 e. The minimum absolute atomic E-state index is 0.0304. The first-order chi connectivity index (χ1) is 8.99. The minimum Gasteiger partial charge on any atom is -0.477 e. The zero-order valence-corrected chi connectivity index (χ0v) is 11.0. The number of carbonyl (C=O) groups is 1. The van der Waals surface area contributed by atoms with Crippen LogP contribution in [0.2, 0.25) is 0 Å². The summed E-state index contributed by atoms with van der Waals surface area (Å²) in [4.78, 5) is 18.7. The molecule has 0 unspecified atom stereocenters. The fourth-order valence-electron chi connectivity index (χ4n) is 1.80. The van der Waals surface area contributed by atoms with Crippen molar-refractivity contribution in [2.45, 2.75) is 20.4 Å². The van der Waals surface area contributed by atoms with Gasteiger partial charge in [0.2, 0.25) is 5.95 Å². The van der Waals surface area contributed by atoms with Gasteiger partial charge in [0.1, 0.15) is 0 Å². The lowest BCUT2D eigenvalue weighted by atomic mass is 10.2. The molecular formula is C12H15N5O2. The molecule has 7 heteroatoms. The lowest BCUT2D eigenvalue weighted by molar-refractivity contribution is 0.0690. The van der Waals surface area contributed by atoms with Crippen molar-refractivity contribution < 1.29 is 9.90 Å². The van der Waals surface area contributed by atoms with E-state index in [1.807, 2.05) is 20.9 Å². The van der Waals surface area contributed by atoms with Crippen LogP contribution in [-0.2, 0) is 13.6 Å². The van der Waals surface area contributed by atoms with Gasteiger partial charge in [-0.2, -0.15) is 5.10 Å². The summed E-state index contributed by atoms with van der Waals surface area (Å²) in [5.41, 5.74) is 3.02. The van der Waals surface area contributed by atoms with Crippen molar-refractivity contribution in [1.82, 2.24) is 19.7 Å². The van der Waals surface area contributed by atoms with Gasteiger partial charge in [0.25, 0.3) is 0 Å². The third-order valence-electron chi connectivity index (χ3n) is 2.96. The normalized spacial score (nSPS) is 10.5. The Morgan fingerprint density at radius 2 is 2.21 bits per heavy atom. The Kier molecular flexibility index (Phi) is 3.46. The lowest BCUT2D eigenvalue weighted by Crippen LogP contribution is -2.08. The highest BCUT2D eigenvalue weighted by molar-refractivity contribution is 5.85. The summed E-state index contributed by atoms with van der Waals surface area (Å²) in [6.07, 6.45) is 1.42. The van der Waals surface area contributed by atoms with E-state index in [2.05, 4.69) is 20.4 Å². The average molecular weight is 261 g/mol. The van der Waals surface area contributed by atoms with Crippen LogP contribution in [0, 0.1) is 13.8 Å². The molecule has 2 rings (SSSR count). The van der Waals surface area contributed by atoms with Crippen LogP contribution < -0.4 is 5.32 Å². The summed E-state index contributed by atoms with van der Waals surface area (Å²) < 4.78 is 1.81. The SMILES string of the molecule is Cc1nn(C)c(C)c1CNc1nccc(C(=O)O)n1. The van der Waals surface area contributed by atoms with E-state index in [0.717, 1.165) is 17.0 Å². The number of aromatic nitrogens is 4. The van der Waals surface area contributed by atoms with Crippen LogP contribution in [-0.4, -0.2) is 30.8 Å². The molecule has 100 valence electrons. The molecule has 0 saturated heterocycles. The molecule has 0 aliphatic rings. The molecule has 0 radical (unpaired) electrons. The first kappa shape index (κ1) is 13.0. The molecule has 2 N–H and O–H groups in total. The lowest BCUT2D eigenvalue weighted by Gasteiger charge is -2.05. The van der Waals surface area contributed by atoms with Gasteiger partial charge >= 0.3 is 5.97 Å². The maximum atomic E-state index is 10.8. The van der Waals surface area contributed by atoms with Gasteiger partial charge in [0.15, 0.2) is 5.69 Å². The highest BCUT2D eigenvalue weighted by Gasteiger charge is 2.10. The smallest absolute Gasteiger partial charge is 0.354 e. The summed E-state index contributed by atoms with van der Waals surface area (Å²) >= 11 is 0. The largest absolute Gasteiger partial charge is 0.477 e. The highest BCUT2D eigenvalue weighted by atomic mass is 16.4. The number of hydrogen-bond acceptors (Lipinski definition) is 5. The molecule has 0 fully saturated rings. The van der Waals surface area contributed by atoms with Crippen molar-refractivity contribution in [3.8, 4) is 0 Å². The monoisotopic (exact) mass is 261 g/mol. The second-order valence-electron chi connectivity index (χ2n) is 4.20. The molecule has 2 aromatic rings. The summed E-state index contributed by atoms with van der Waals surface area (Å²) in [5, 5.41) is 16.2. The topological polar surface area (TPSA) is 92.9 Å². The predicted octanol–water partition coefficient (Wildman–Crippen LogP) is 1.14. The molecule has 0 spiro atoms. The maximum absolute atomic E-state index is 10.8. The molecule has 0 amide bonds. The molecule has 19 heavy (non-hydrogen) atoms. The number of aryl methyl sites for hydroxylation is 2. The van der Waals surface area contributed by atoms with E-state index in [1.54, 1.807) is 4.68 Å². The molecular weight excluding hydrogens is 246 g/mol. The predicted molar refractivity (Wildman–Crippen MR) is 69.0 cm³/mol. The first-order valence-electron chi connectivity index (χ1n) is 5.78. The molecule has 0 bridgehead atoms.